The van der Waals surface area contributed by atoms with Gasteiger partial charge in [0.25, 0.3) is 0 Å². The maximum atomic E-state index is 11.8. The largest absolute Gasteiger partial charge is 0.481 e. The molecule has 2 unspecified atom stereocenters. The van der Waals surface area contributed by atoms with Crippen molar-refractivity contribution in [3.8, 4) is 0 Å². The van der Waals surface area contributed by atoms with E-state index in [1.54, 1.807) is 11.0 Å². The fraction of sp³-hybridized carbons (Fsp3) is 0.667. The van der Waals surface area contributed by atoms with Gasteiger partial charge in [0.2, 0.25) is 5.91 Å². The van der Waals surface area contributed by atoms with Crippen molar-refractivity contribution in [2.75, 3.05) is 6.54 Å². The van der Waals surface area contributed by atoms with Gasteiger partial charge in [-0.15, -0.1) is 6.58 Å². The lowest BCUT2D eigenvalue weighted by atomic mass is 9.99. The first kappa shape index (κ1) is 12.7. The zero-order valence-electron chi connectivity index (χ0n) is 9.85. The van der Waals surface area contributed by atoms with Gasteiger partial charge in [0, 0.05) is 24.9 Å². The van der Waals surface area contributed by atoms with Crippen LogP contribution in [-0.4, -0.2) is 34.5 Å². The molecule has 90 valence electrons. The molecule has 1 fully saturated rings. The van der Waals surface area contributed by atoms with Crippen molar-refractivity contribution in [2.45, 2.75) is 32.7 Å². The summed E-state index contributed by atoms with van der Waals surface area (Å²) in [6.07, 6.45) is 2.26. The highest BCUT2D eigenvalue weighted by Crippen LogP contribution is 2.25. The fourth-order valence-corrected chi connectivity index (χ4v) is 2.12. The molecule has 0 spiro atoms. The van der Waals surface area contributed by atoms with E-state index in [-0.39, 0.29) is 30.2 Å². The Balaban J connectivity index is 2.75. The van der Waals surface area contributed by atoms with Crippen LogP contribution < -0.4 is 0 Å². The monoisotopic (exact) mass is 225 g/mol. The van der Waals surface area contributed by atoms with E-state index in [1.807, 2.05) is 13.8 Å². The normalized spacial score (nSPS) is 22.6. The summed E-state index contributed by atoms with van der Waals surface area (Å²) >= 11 is 0. The number of amides is 1. The van der Waals surface area contributed by atoms with Crippen LogP contribution in [0.4, 0.5) is 0 Å². The second-order valence-electron chi connectivity index (χ2n) is 4.66. The van der Waals surface area contributed by atoms with Gasteiger partial charge >= 0.3 is 5.97 Å². The van der Waals surface area contributed by atoms with Crippen LogP contribution in [0.5, 0.6) is 0 Å². The van der Waals surface area contributed by atoms with E-state index in [1.165, 1.54) is 0 Å². The summed E-state index contributed by atoms with van der Waals surface area (Å²) in [5.74, 6) is -0.482. The van der Waals surface area contributed by atoms with E-state index in [0.717, 1.165) is 0 Å². The summed E-state index contributed by atoms with van der Waals surface area (Å²) in [4.78, 5) is 24.2. The van der Waals surface area contributed by atoms with E-state index >= 15 is 0 Å². The predicted octanol–water partition coefficient (Wildman–Crippen LogP) is 1.52. The molecule has 0 aromatic heterocycles. The number of rotatable bonds is 5. The Bertz CT molecular complexity index is 299. The zero-order chi connectivity index (χ0) is 12.3. The Kier molecular flexibility index (Phi) is 4.10. The lowest BCUT2D eigenvalue weighted by Crippen LogP contribution is -2.41. The standard InChI is InChI=1S/C12H19NO3/c1-4-9-5-11(14)13(7-9)10(8(2)3)6-12(15)16/h4,8-10H,1,5-7H2,2-3H3,(H,15,16). The number of likely N-dealkylation sites (tertiary alicyclic amines) is 1. The molecule has 1 rings (SSSR count). The highest BCUT2D eigenvalue weighted by atomic mass is 16.4. The van der Waals surface area contributed by atoms with Crippen molar-refractivity contribution in [1.82, 2.24) is 4.90 Å². The quantitative estimate of drug-likeness (QED) is 0.722. The smallest absolute Gasteiger partial charge is 0.305 e. The van der Waals surface area contributed by atoms with Crippen molar-refractivity contribution in [3.05, 3.63) is 12.7 Å². The molecule has 1 aliphatic heterocycles. The molecule has 4 heteroatoms. The third-order valence-electron chi connectivity index (χ3n) is 3.08. The van der Waals surface area contributed by atoms with Crippen molar-refractivity contribution in [2.24, 2.45) is 11.8 Å². The maximum Gasteiger partial charge on any atom is 0.305 e. The summed E-state index contributed by atoms with van der Waals surface area (Å²) in [6.45, 7) is 8.18. The summed E-state index contributed by atoms with van der Waals surface area (Å²) in [7, 11) is 0. The fourth-order valence-electron chi connectivity index (χ4n) is 2.12. The third-order valence-corrected chi connectivity index (χ3v) is 3.08. The molecule has 0 saturated carbocycles. The van der Waals surface area contributed by atoms with Gasteiger partial charge in [0.05, 0.1) is 6.42 Å². The molecule has 1 N–H and O–H groups in total. The van der Waals surface area contributed by atoms with Crippen LogP contribution in [0.15, 0.2) is 12.7 Å². The van der Waals surface area contributed by atoms with Crippen LogP contribution in [0.1, 0.15) is 26.7 Å². The highest BCUT2D eigenvalue weighted by Gasteiger charge is 2.35. The average Bonchev–Trinajstić information content (AvgIpc) is 2.55. The van der Waals surface area contributed by atoms with Crippen LogP contribution in [0.3, 0.4) is 0 Å². The Hall–Kier alpha value is -1.32. The average molecular weight is 225 g/mol. The summed E-state index contributed by atoms with van der Waals surface area (Å²) in [5.41, 5.74) is 0. The van der Waals surface area contributed by atoms with Crippen LogP contribution in [-0.2, 0) is 9.59 Å². The summed E-state index contributed by atoms with van der Waals surface area (Å²) < 4.78 is 0. The number of carbonyl (C=O) groups excluding carboxylic acids is 1. The molecular formula is C12H19NO3. The first-order valence-electron chi connectivity index (χ1n) is 5.59. The van der Waals surface area contributed by atoms with Crippen LogP contribution in [0.2, 0.25) is 0 Å². The molecule has 0 aliphatic carbocycles. The summed E-state index contributed by atoms with van der Waals surface area (Å²) in [5, 5.41) is 8.84. The molecule has 2 atom stereocenters. The van der Waals surface area contributed by atoms with Gasteiger partial charge in [-0.3, -0.25) is 9.59 Å². The molecule has 1 saturated heterocycles. The number of hydrogen-bond donors (Lipinski definition) is 1. The second kappa shape index (κ2) is 5.14. The zero-order valence-corrected chi connectivity index (χ0v) is 9.85. The number of nitrogens with zero attached hydrogens (tertiary/aromatic N) is 1. The number of carbonyl (C=O) groups is 2. The molecule has 16 heavy (non-hydrogen) atoms. The maximum absolute atomic E-state index is 11.8. The number of carboxylic acid groups (broad SMARTS) is 1. The minimum absolute atomic E-state index is 0.0211. The Labute approximate surface area is 95.9 Å². The van der Waals surface area contributed by atoms with Gasteiger partial charge in [-0.1, -0.05) is 19.9 Å². The highest BCUT2D eigenvalue weighted by molar-refractivity contribution is 5.80. The van der Waals surface area contributed by atoms with Crippen LogP contribution >= 0.6 is 0 Å². The number of aliphatic carboxylic acids is 1. The van der Waals surface area contributed by atoms with Crippen molar-refractivity contribution in [1.29, 1.82) is 0 Å². The third kappa shape index (κ3) is 2.84. The molecule has 0 aromatic rings. The van der Waals surface area contributed by atoms with Gasteiger partial charge in [0.1, 0.15) is 0 Å². The van der Waals surface area contributed by atoms with Crippen LogP contribution in [0.25, 0.3) is 0 Å². The predicted molar refractivity (Wildman–Crippen MR) is 60.9 cm³/mol. The number of hydrogen-bond acceptors (Lipinski definition) is 2. The molecule has 1 amide bonds. The summed E-state index contributed by atoms with van der Waals surface area (Å²) in [6, 6.07) is -0.199. The first-order chi connectivity index (χ1) is 7.45. The van der Waals surface area contributed by atoms with E-state index in [2.05, 4.69) is 6.58 Å². The molecular weight excluding hydrogens is 206 g/mol. The van der Waals surface area contributed by atoms with Gasteiger partial charge in [0.15, 0.2) is 0 Å². The molecule has 0 aromatic carbocycles. The van der Waals surface area contributed by atoms with Gasteiger partial charge in [-0.05, 0) is 5.92 Å². The molecule has 1 aliphatic rings. The molecule has 0 bridgehead atoms. The topological polar surface area (TPSA) is 57.6 Å². The lowest BCUT2D eigenvalue weighted by Gasteiger charge is -2.30. The first-order valence-corrected chi connectivity index (χ1v) is 5.59. The van der Waals surface area contributed by atoms with Gasteiger partial charge < -0.3 is 10.0 Å². The second-order valence-corrected chi connectivity index (χ2v) is 4.66. The minimum Gasteiger partial charge on any atom is -0.481 e. The molecule has 1 heterocycles. The van der Waals surface area contributed by atoms with Crippen molar-refractivity contribution < 1.29 is 14.7 Å². The molecule has 0 radical (unpaired) electrons. The van der Waals surface area contributed by atoms with E-state index < -0.39 is 5.97 Å². The van der Waals surface area contributed by atoms with E-state index in [4.69, 9.17) is 5.11 Å². The minimum atomic E-state index is -0.853. The Morgan fingerprint density at radius 2 is 2.31 bits per heavy atom. The lowest BCUT2D eigenvalue weighted by molar-refractivity contribution is -0.140. The van der Waals surface area contributed by atoms with Crippen LogP contribution in [0, 0.1) is 11.8 Å². The Morgan fingerprint density at radius 3 is 2.69 bits per heavy atom. The SMILES string of the molecule is C=CC1CC(=O)N(C(CC(=O)O)C(C)C)C1. The van der Waals surface area contributed by atoms with Gasteiger partial charge in [-0.2, -0.15) is 0 Å². The van der Waals surface area contributed by atoms with Crippen molar-refractivity contribution >= 4 is 11.9 Å². The van der Waals surface area contributed by atoms with E-state index in [9.17, 15) is 9.59 Å². The van der Waals surface area contributed by atoms with Crippen molar-refractivity contribution in [3.63, 3.8) is 0 Å². The molecule has 4 nitrogen and oxygen atoms in total. The van der Waals surface area contributed by atoms with E-state index in [0.29, 0.717) is 13.0 Å². The van der Waals surface area contributed by atoms with Gasteiger partial charge in [-0.25, -0.2) is 0 Å². The Morgan fingerprint density at radius 1 is 1.69 bits per heavy atom. The number of carboxylic acids is 1.